The van der Waals surface area contributed by atoms with Crippen molar-refractivity contribution in [3.05, 3.63) is 77.5 Å². The maximum atomic E-state index is 2.41. The lowest BCUT2D eigenvalue weighted by Crippen LogP contribution is -2.41. The van der Waals surface area contributed by atoms with Crippen molar-refractivity contribution in [2.45, 2.75) is 5.54 Å². The predicted molar refractivity (Wildman–Crippen MR) is 70.2 cm³/mol. The second-order valence-electron chi connectivity index (χ2n) is 4.70. The molecule has 0 saturated heterocycles. The Kier molecular flexibility index (Phi) is 1.60. The lowest BCUT2D eigenvalue weighted by atomic mass is 9.77. The van der Waals surface area contributed by atoms with Gasteiger partial charge in [0.25, 0.3) is 0 Å². The number of hydrogen-bond donors (Lipinski definition) is 0. The number of hydrogen-bond acceptors (Lipinski definition) is 1. The molecule has 82 valence electrons. The van der Waals surface area contributed by atoms with Crippen LogP contribution in [0.25, 0.3) is 6.08 Å². The summed E-state index contributed by atoms with van der Waals surface area (Å²) >= 11 is 0. The van der Waals surface area contributed by atoms with Gasteiger partial charge < -0.3 is 4.90 Å². The first-order valence-electron chi connectivity index (χ1n) is 6.02. The summed E-state index contributed by atoms with van der Waals surface area (Å²) in [6.45, 7) is 0.995. The van der Waals surface area contributed by atoms with Crippen LogP contribution in [0.4, 0.5) is 0 Å². The highest BCUT2D eigenvalue weighted by molar-refractivity contribution is 5.66. The third kappa shape index (κ3) is 0.992. The van der Waals surface area contributed by atoms with Crippen molar-refractivity contribution >= 4 is 6.08 Å². The van der Waals surface area contributed by atoms with Crippen molar-refractivity contribution < 1.29 is 0 Å². The highest BCUT2D eigenvalue weighted by Crippen LogP contribution is 2.47. The molecule has 17 heavy (non-hydrogen) atoms. The fraction of sp³-hybridized carbons (Fsp3) is 0.125. The normalized spacial score (nSPS) is 27.5. The van der Waals surface area contributed by atoms with Crippen molar-refractivity contribution in [1.29, 1.82) is 0 Å². The Balaban J connectivity index is 2.05. The van der Waals surface area contributed by atoms with Gasteiger partial charge >= 0.3 is 0 Å². The maximum Gasteiger partial charge on any atom is 0.110 e. The Hall–Kier alpha value is -2.02. The Labute approximate surface area is 101 Å². The van der Waals surface area contributed by atoms with Crippen molar-refractivity contribution in [3.8, 4) is 0 Å². The molecule has 1 spiro atoms. The summed E-state index contributed by atoms with van der Waals surface area (Å²) in [6.07, 6.45) is 15.6. The molecular weight excluding hydrogens is 206 g/mol. The minimum atomic E-state index is -0.0416. The summed E-state index contributed by atoms with van der Waals surface area (Å²) in [5.41, 5.74) is 4.08. The van der Waals surface area contributed by atoms with Crippen LogP contribution in [0.1, 0.15) is 11.1 Å². The molecule has 0 aromatic heterocycles. The number of benzene rings is 1. The topological polar surface area (TPSA) is 3.24 Å². The van der Waals surface area contributed by atoms with E-state index in [4.69, 9.17) is 0 Å². The number of allylic oxidation sites excluding steroid dienone is 2. The zero-order valence-corrected chi connectivity index (χ0v) is 9.51. The number of fused-ring (bicyclic) bond motifs is 1. The van der Waals surface area contributed by atoms with Crippen molar-refractivity contribution in [1.82, 2.24) is 4.90 Å². The molecule has 0 N–H and O–H groups in total. The van der Waals surface area contributed by atoms with Gasteiger partial charge in [-0.05, 0) is 28.9 Å². The van der Waals surface area contributed by atoms with Crippen molar-refractivity contribution in [2.24, 2.45) is 0 Å². The lowest BCUT2D eigenvalue weighted by Gasteiger charge is -2.42. The Bertz CT molecular complexity index is 604. The SMILES string of the molecule is C1=CC2=CCN3C=Cc4ccccc4C23C=C1. The van der Waals surface area contributed by atoms with Gasteiger partial charge in [0.1, 0.15) is 5.54 Å². The molecule has 1 aliphatic carbocycles. The van der Waals surface area contributed by atoms with Crippen LogP contribution < -0.4 is 0 Å². The van der Waals surface area contributed by atoms with Gasteiger partial charge in [0.2, 0.25) is 0 Å². The molecule has 1 aromatic rings. The molecule has 0 bridgehead atoms. The van der Waals surface area contributed by atoms with Crippen LogP contribution in [-0.2, 0) is 5.54 Å². The molecule has 0 fully saturated rings. The molecule has 3 aliphatic rings. The second-order valence-corrected chi connectivity index (χ2v) is 4.70. The molecule has 1 atom stereocenters. The van der Waals surface area contributed by atoms with E-state index in [0.717, 1.165) is 6.54 Å². The lowest BCUT2D eigenvalue weighted by molar-refractivity contribution is 0.286. The quantitative estimate of drug-likeness (QED) is 0.647. The van der Waals surface area contributed by atoms with Crippen molar-refractivity contribution in [2.75, 3.05) is 6.54 Å². The molecule has 0 amide bonds. The van der Waals surface area contributed by atoms with E-state index in [1.807, 2.05) is 0 Å². The van der Waals surface area contributed by atoms with Crippen LogP contribution in [0.3, 0.4) is 0 Å². The molecule has 1 heteroatoms. The van der Waals surface area contributed by atoms with Gasteiger partial charge in [-0.3, -0.25) is 0 Å². The van der Waals surface area contributed by atoms with Gasteiger partial charge in [0.05, 0.1) is 0 Å². The van der Waals surface area contributed by atoms with E-state index in [9.17, 15) is 0 Å². The van der Waals surface area contributed by atoms with Crippen LogP contribution in [-0.4, -0.2) is 11.4 Å². The first-order chi connectivity index (χ1) is 8.41. The average Bonchev–Trinajstić information content (AvgIpc) is 2.78. The van der Waals surface area contributed by atoms with Gasteiger partial charge in [-0.15, -0.1) is 0 Å². The summed E-state index contributed by atoms with van der Waals surface area (Å²) in [4.78, 5) is 2.41. The van der Waals surface area contributed by atoms with Crippen LogP contribution in [0.15, 0.2) is 66.4 Å². The molecule has 1 aromatic carbocycles. The largest absolute Gasteiger partial charge is 0.357 e. The first-order valence-corrected chi connectivity index (χ1v) is 6.02. The predicted octanol–water partition coefficient (Wildman–Crippen LogP) is 3.23. The zero-order chi connectivity index (χ0) is 11.3. The van der Waals surface area contributed by atoms with E-state index in [1.54, 1.807) is 0 Å². The fourth-order valence-corrected chi connectivity index (χ4v) is 3.14. The third-order valence-electron chi connectivity index (χ3n) is 3.93. The van der Waals surface area contributed by atoms with Crippen molar-refractivity contribution in [3.63, 3.8) is 0 Å². The van der Waals surface area contributed by atoms with Crippen LogP contribution in [0, 0.1) is 0 Å². The standard InChI is InChI=1S/C16H13N/c1-2-7-15-13(5-1)8-11-17-12-9-14-6-3-4-10-16(14,15)17/h1-11H,12H2. The Morgan fingerprint density at radius 3 is 3.00 bits per heavy atom. The molecule has 1 nitrogen and oxygen atoms in total. The number of nitrogens with zero attached hydrogens (tertiary/aromatic N) is 1. The van der Waals surface area contributed by atoms with Crippen LogP contribution >= 0.6 is 0 Å². The maximum absolute atomic E-state index is 2.41. The smallest absolute Gasteiger partial charge is 0.110 e. The third-order valence-corrected chi connectivity index (χ3v) is 3.93. The van der Waals surface area contributed by atoms with Gasteiger partial charge in [0.15, 0.2) is 0 Å². The van der Waals surface area contributed by atoms with Gasteiger partial charge in [-0.2, -0.15) is 0 Å². The molecule has 2 heterocycles. The Morgan fingerprint density at radius 1 is 1.06 bits per heavy atom. The van der Waals surface area contributed by atoms with Crippen LogP contribution in [0.2, 0.25) is 0 Å². The summed E-state index contributed by atoms with van der Waals surface area (Å²) in [6, 6.07) is 8.68. The van der Waals surface area contributed by atoms with E-state index >= 15 is 0 Å². The average molecular weight is 219 g/mol. The molecule has 0 radical (unpaired) electrons. The molecule has 2 aliphatic heterocycles. The first kappa shape index (κ1) is 9.06. The Morgan fingerprint density at radius 2 is 2.00 bits per heavy atom. The highest BCUT2D eigenvalue weighted by Gasteiger charge is 2.43. The fourth-order valence-electron chi connectivity index (χ4n) is 3.14. The van der Waals surface area contributed by atoms with E-state index in [1.165, 1.54) is 16.7 Å². The minimum Gasteiger partial charge on any atom is -0.357 e. The van der Waals surface area contributed by atoms with Gasteiger partial charge in [-0.25, -0.2) is 0 Å². The van der Waals surface area contributed by atoms with Gasteiger partial charge in [-0.1, -0.05) is 48.6 Å². The van der Waals surface area contributed by atoms with E-state index < -0.39 is 0 Å². The summed E-state index contributed by atoms with van der Waals surface area (Å²) in [7, 11) is 0. The summed E-state index contributed by atoms with van der Waals surface area (Å²) < 4.78 is 0. The van der Waals surface area contributed by atoms with Crippen LogP contribution in [0.5, 0.6) is 0 Å². The number of rotatable bonds is 0. The summed E-state index contributed by atoms with van der Waals surface area (Å²) in [5.74, 6) is 0. The molecule has 4 rings (SSSR count). The van der Waals surface area contributed by atoms with E-state index in [2.05, 4.69) is 71.8 Å². The second kappa shape index (κ2) is 3.01. The summed E-state index contributed by atoms with van der Waals surface area (Å²) in [5, 5.41) is 0. The zero-order valence-electron chi connectivity index (χ0n) is 9.51. The van der Waals surface area contributed by atoms with Gasteiger partial charge in [0, 0.05) is 12.7 Å². The molecule has 0 saturated carbocycles. The van der Waals surface area contributed by atoms with E-state index in [-0.39, 0.29) is 5.54 Å². The highest BCUT2D eigenvalue weighted by atomic mass is 15.2. The van der Waals surface area contributed by atoms with E-state index in [0.29, 0.717) is 0 Å². The monoisotopic (exact) mass is 219 g/mol. The molecule has 1 unspecified atom stereocenters. The minimum absolute atomic E-state index is 0.0416. The molecular formula is C16H13N.